The largest absolute Gasteiger partial charge is 0.480 e. The zero-order valence-electron chi connectivity index (χ0n) is 16.5. The van der Waals surface area contributed by atoms with Crippen molar-refractivity contribution in [1.29, 1.82) is 0 Å². The summed E-state index contributed by atoms with van der Waals surface area (Å²) in [5.74, 6) is -0.720. The number of nitrogens with zero attached hydrogens (tertiary/aromatic N) is 3. The number of hydrogen-bond donors (Lipinski definition) is 2. The zero-order valence-corrected chi connectivity index (χ0v) is 17.3. The van der Waals surface area contributed by atoms with Crippen molar-refractivity contribution in [2.75, 3.05) is 17.1 Å². The van der Waals surface area contributed by atoms with Crippen molar-refractivity contribution in [1.82, 2.24) is 14.4 Å². The molecule has 0 unspecified atom stereocenters. The highest BCUT2D eigenvalue weighted by Crippen LogP contribution is 2.32. The van der Waals surface area contributed by atoms with Crippen molar-refractivity contribution in [3.63, 3.8) is 0 Å². The Kier molecular flexibility index (Phi) is 5.72. The fraction of sp³-hybridized carbons (Fsp3) is 0.0952. The molecule has 0 aliphatic rings. The van der Waals surface area contributed by atoms with Crippen LogP contribution in [-0.2, 0) is 4.79 Å². The zero-order chi connectivity index (χ0) is 22.0. The van der Waals surface area contributed by atoms with Gasteiger partial charge in [0, 0.05) is 36.5 Å². The second-order valence-corrected chi connectivity index (χ2v) is 7.40. The standard InChI is InChI=1S/C21H17F2N5O2S/c1-12(29)25-19-11-28-10-13(3-6-20(28)26-19)14-7-17(21(30-2)24-9-14)27-31-18-5-4-15(22)8-16(18)23/h3-11,27H,1-2H3,(H,25,29). The van der Waals surface area contributed by atoms with E-state index in [4.69, 9.17) is 4.74 Å². The van der Waals surface area contributed by atoms with Crippen molar-refractivity contribution in [2.24, 2.45) is 0 Å². The van der Waals surface area contributed by atoms with E-state index < -0.39 is 11.6 Å². The molecule has 158 valence electrons. The molecule has 31 heavy (non-hydrogen) atoms. The first-order valence-corrected chi connectivity index (χ1v) is 9.93. The average molecular weight is 441 g/mol. The topological polar surface area (TPSA) is 80.6 Å². The van der Waals surface area contributed by atoms with Gasteiger partial charge in [0.25, 0.3) is 0 Å². The number of halogens is 2. The number of fused-ring (bicyclic) bond motifs is 1. The van der Waals surface area contributed by atoms with E-state index in [0.717, 1.165) is 29.1 Å². The van der Waals surface area contributed by atoms with E-state index in [0.29, 0.717) is 23.0 Å². The fourth-order valence-electron chi connectivity index (χ4n) is 2.92. The molecule has 0 aliphatic heterocycles. The predicted molar refractivity (Wildman–Crippen MR) is 115 cm³/mol. The second kappa shape index (κ2) is 8.60. The summed E-state index contributed by atoms with van der Waals surface area (Å²) in [6.07, 6.45) is 5.22. The van der Waals surface area contributed by atoms with E-state index in [1.807, 2.05) is 24.4 Å². The molecule has 2 N–H and O–H groups in total. The van der Waals surface area contributed by atoms with Crippen molar-refractivity contribution in [2.45, 2.75) is 11.8 Å². The number of benzene rings is 1. The van der Waals surface area contributed by atoms with Crippen LogP contribution in [-0.4, -0.2) is 27.4 Å². The SMILES string of the molecule is COc1ncc(-c2ccc3nc(NC(C)=O)cn3c2)cc1NSc1ccc(F)cc1F. The summed E-state index contributed by atoms with van der Waals surface area (Å²) in [6, 6.07) is 8.87. The molecule has 0 fully saturated rings. The van der Waals surface area contributed by atoms with Crippen LogP contribution in [0.4, 0.5) is 20.3 Å². The molecule has 7 nitrogen and oxygen atoms in total. The predicted octanol–water partition coefficient (Wildman–Crippen LogP) is 4.76. The molecule has 0 radical (unpaired) electrons. The summed E-state index contributed by atoms with van der Waals surface area (Å²) in [4.78, 5) is 20.1. The maximum atomic E-state index is 13.9. The number of amides is 1. The third-order valence-electron chi connectivity index (χ3n) is 4.30. The maximum absolute atomic E-state index is 13.9. The van der Waals surface area contributed by atoms with Crippen LogP contribution in [0.2, 0.25) is 0 Å². The number of hydrogen-bond acceptors (Lipinski definition) is 6. The van der Waals surface area contributed by atoms with Gasteiger partial charge < -0.3 is 19.2 Å². The van der Waals surface area contributed by atoms with Crippen molar-refractivity contribution in [3.8, 4) is 17.0 Å². The van der Waals surface area contributed by atoms with Gasteiger partial charge in [0.2, 0.25) is 11.8 Å². The summed E-state index contributed by atoms with van der Waals surface area (Å²) in [5.41, 5.74) is 2.82. The fourth-order valence-corrected chi connectivity index (χ4v) is 3.58. The maximum Gasteiger partial charge on any atom is 0.237 e. The summed E-state index contributed by atoms with van der Waals surface area (Å²) in [5, 5.41) is 2.65. The molecule has 0 spiro atoms. The monoisotopic (exact) mass is 441 g/mol. The van der Waals surface area contributed by atoms with E-state index in [-0.39, 0.29) is 10.8 Å². The number of carbonyl (C=O) groups is 1. The lowest BCUT2D eigenvalue weighted by molar-refractivity contribution is -0.114. The molecule has 0 atom stereocenters. The summed E-state index contributed by atoms with van der Waals surface area (Å²) in [7, 11) is 1.48. The van der Waals surface area contributed by atoms with Gasteiger partial charge in [0.15, 0.2) is 5.82 Å². The minimum Gasteiger partial charge on any atom is -0.480 e. The lowest BCUT2D eigenvalue weighted by atomic mass is 10.1. The number of ether oxygens (including phenoxy) is 1. The van der Waals surface area contributed by atoms with Crippen LogP contribution < -0.4 is 14.8 Å². The molecular formula is C21H17F2N5O2S. The number of pyridine rings is 2. The van der Waals surface area contributed by atoms with Crippen LogP contribution >= 0.6 is 11.9 Å². The molecule has 0 aliphatic carbocycles. The van der Waals surface area contributed by atoms with Gasteiger partial charge >= 0.3 is 0 Å². The van der Waals surface area contributed by atoms with Gasteiger partial charge in [-0.2, -0.15) is 0 Å². The van der Waals surface area contributed by atoms with Crippen molar-refractivity contribution < 1.29 is 18.3 Å². The average Bonchev–Trinajstić information content (AvgIpc) is 3.13. The second-order valence-electron chi connectivity index (χ2n) is 6.55. The number of anilines is 2. The highest BCUT2D eigenvalue weighted by Gasteiger charge is 2.12. The Morgan fingerprint density at radius 1 is 1.13 bits per heavy atom. The van der Waals surface area contributed by atoms with Gasteiger partial charge in [-0.15, -0.1) is 0 Å². The Morgan fingerprint density at radius 2 is 1.97 bits per heavy atom. The van der Waals surface area contributed by atoms with Gasteiger partial charge in [0.05, 0.1) is 18.2 Å². The lowest BCUT2D eigenvalue weighted by Gasteiger charge is -2.12. The van der Waals surface area contributed by atoms with E-state index in [2.05, 4.69) is 20.0 Å². The van der Waals surface area contributed by atoms with Crippen molar-refractivity contribution >= 4 is 35.0 Å². The number of carbonyl (C=O) groups excluding carboxylic acids is 1. The molecule has 0 saturated heterocycles. The summed E-state index contributed by atoms with van der Waals surface area (Å²) < 4.78 is 37.1. The quantitative estimate of drug-likeness (QED) is 0.420. The third kappa shape index (κ3) is 4.58. The Bertz CT molecular complexity index is 1280. The summed E-state index contributed by atoms with van der Waals surface area (Å²) >= 11 is 0.987. The number of aromatic nitrogens is 3. The van der Waals surface area contributed by atoms with Gasteiger partial charge in [-0.25, -0.2) is 18.7 Å². The Morgan fingerprint density at radius 3 is 2.71 bits per heavy atom. The van der Waals surface area contributed by atoms with E-state index in [1.165, 1.54) is 26.2 Å². The molecule has 4 aromatic rings. The highest BCUT2D eigenvalue weighted by molar-refractivity contribution is 8.00. The van der Waals surface area contributed by atoms with E-state index in [9.17, 15) is 13.6 Å². The Hall–Kier alpha value is -3.66. The number of nitrogens with one attached hydrogen (secondary N) is 2. The van der Waals surface area contributed by atoms with Gasteiger partial charge in [-0.3, -0.25) is 4.79 Å². The van der Waals surface area contributed by atoms with Crippen LogP contribution in [0.3, 0.4) is 0 Å². The molecular weight excluding hydrogens is 424 g/mol. The van der Waals surface area contributed by atoms with Crippen molar-refractivity contribution in [3.05, 3.63) is 66.6 Å². The normalized spacial score (nSPS) is 10.8. The molecule has 0 saturated carbocycles. The summed E-state index contributed by atoms with van der Waals surface area (Å²) in [6.45, 7) is 1.42. The number of methoxy groups -OCH3 is 1. The molecule has 1 aromatic carbocycles. The first kappa shape index (κ1) is 20.6. The van der Waals surface area contributed by atoms with Gasteiger partial charge in [0.1, 0.15) is 23.0 Å². The van der Waals surface area contributed by atoms with Gasteiger partial charge in [-0.05, 0) is 42.3 Å². The molecule has 4 rings (SSSR count). The van der Waals surface area contributed by atoms with E-state index in [1.54, 1.807) is 16.8 Å². The molecule has 3 aromatic heterocycles. The van der Waals surface area contributed by atoms with Crippen LogP contribution in [0.1, 0.15) is 6.92 Å². The van der Waals surface area contributed by atoms with Crippen LogP contribution in [0.5, 0.6) is 5.88 Å². The highest BCUT2D eigenvalue weighted by atomic mass is 32.2. The molecule has 1 amide bonds. The van der Waals surface area contributed by atoms with Crippen LogP contribution in [0.25, 0.3) is 16.8 Å². The minimum absolute atomic E-state index is 0.200. The third-order valence-corrected chi connectivity index (χ3v) is 5.17. The Labute approximate surface area is 180 Å². The molecule has 3 heterocycles. The first-order valence-electron chi connectivity index (χ1n) is 9.11. The van der Waals surface area contributed by atoms with Gasteiger partial charge in [-0.1, -0.05) is 0 Å². The minimum atomic E-state index is -0.666. The Balaban J connectivity index is 1.62. The van der Waals surface area contributed by atoms with Crippen LogP contribution in [0.15, 0.2) is 59.9 Å². The number of imidazole rings is 1. The molecule has 10 heteroatoms. The lowest BCUT2D eigenvalue weighted by Crippen LogP contribution is -2.05. The first-order chi connectivity index (χ1) is 14.9. The smallest absolute Gasteiger partial charge is 0.237 e. The van der Waals surface area contributed by atoms with E-state index >= 15 is 0 Å². The number of rotatable bonds is 6. The molecule has 0 bridgehead atoms. The van der Waals surface area contributed by atoms with Crippen LogP contribution in [0, 0.1) is 11.6 Å².